The zero-order valence-electron chi connectivity index (χ0n) is 11.7. The third kappa shape index (κ3) is 6.70. The molecule has 7 nitrogen and oxygen atoms in total. The summed E-state index contributed by atoms with van der Waals surface area (Å²) in [4.78, 5) is 34.2. The van der Waals surface area contributed by atoms with Gasteiger partial charge in [0.25, 0.3) is 0 Å². The summed E-state index contributed by atoms with van der Waals surface area (Å²) in [6.07, 6.45) is 0.189. The van der Waals surface area contributed by atoms with Crippen LogP contribution in [0.15, 0.2) is 0 Å². The van der Waals surface area contributed by atoms with Gasteiger partial charge in [0.2, 0.25) is 0 Å². The molecule has 0 aromatic carbocycles. The Morgan fingerprint density at radius 1 is 0.737 bits per heavy atom. The van der Waals surface area contributed by atoms with Gasteiger partial charge in [-0.25, -0.2) is 0 Å². The van der Waals surface area contributed by atoms with E-state index in [1.807, 2.05) is 0 Å². The Kier molecular flexibility index (Phi) is 8.63. The van der Waals surface area contributed by atoms with Crippen molar-refractivity contribution < 1.29 is 45.8 Å². The fraction of sp³-hybridized carbons (Fsp3) is 0.727. The quantitative estimate of drug-likeness (QED) is 0.630. The summed E-state index contributed by atoms with van der Waals surface area (Å²) < 4.78 is 20.2. The second-order valence-corrected chi connectivity index (χ2v) is 6.38. The summed E-state index contributed by atoms with van der Waals surface area (Å²) in [5.74, 6) is -1.91. The zero-order valence-corrected chi connectivity index (χ0v) is 13.2. The normalized spacial score (nSPS) is 10.7. The molecule has 0 unspecified atom stereocenters. The van der Waals surface area contributed by atoms with Crippen molar-refractivity contribution in [2.45, 2.75) is 47.0 Å². The van der Waals surface area contributed by atoms with E-state index in [0.717, 1.165) is 0 Å². The molecule has 0 bridgehead atoms. The first-order chi connectivity index (χ1) is 8.92. The Labute approximate surface area is 117 Å². The fourth-order valence-corrected chi connectivity index (χ4v) is 3.97. The molecule has 0 aromatic rings. The van der Waals surface area contributed by atoms with Crippen LogP contribution in [0, 0.1) is 0 Å². The molecule has 19 heavy (non-hydrogen) atoms. The van der Waals surface area contributed by atoms with Gasteiger partial charge in [-0.1, -0.05) is 0 Å². The van der Waals surface area contributed by atoms with Crippen LogP contribution in [0.5, 0.6) is 0 Å². The Hall–Kier alpha value is -0.916. The van der Waals surface area contributed by atoms with Crippen LogP contribution in [-0.2, 0) is 45.8 Å². The summed E-state index contributed by atoms with van der Waals surface area (Å²) in [5, 5.41) is 0. The molecule has 0 saturated carbocycles. The minimum absolute atomic E-state index is 0.0629. The van der Waals surface area contributed by atoms with Gasteiger partial charge in [0.1, 0.15) is 0 Å². The average Bonchev–Trinajstić information content (AvgIpc) is 2.38. The molecular weight excluding hydrogens is 292 g/mol. The molecule has 110 valence electrons. The van der Waals surface area contributed by atoms with Crippen LogP contribution in [0.3, 0.4) is 0 Å². The van der Waals surface area contributed by atoms with Gasteiger partial charge < -0.3 is 0 Å². The number of carbonyl (C=O) groups is 3. The first-order valence-electron chi connectivity index (χ1n) is 6.22. The molecule has 0 aromatic heterocycles. The molecule has 0 amide bonds. The minimum atomic E-state index is -4.68. The Balaban J connectivity index is 5.12. The summed E-state index contributed by atoms with van der Waals surface area (Å²) >= 11 is -4.68. The maximum atomic E-state index is 11.4. The molecule has 0 atom stereocenters. The van der Waals surface area contributed by atoms with Gasteiger partial charge in [-0.3, -0.25) is 0 Å². The molecule has 0 rings (SSSR count). The van der Waals surface area contributed by atoms with Gasteiger partial charge in [0, 0.05) is 0 Å². The topological polar surface area (TPSA) is 88.1 Å². The SMILES string of the molecule is CC[O][Ti]([O]C(=O)CC)([O]C(=O)CC)[O]C(=O)CC. The number of hydrogen-bond donors (Lipinski definition) is 0. The fourth-order valence-electron chi connectivity index (χ4n) is 0.962. The van der Waals surface area contributed by atoms with Gasteiger partial charge in [-0.2, -0.15) is 0 Å². The Morgan fingerprint density at radius 3 is 1.26 bits per heavy atom. The summed E-state index contributed by atoms with van der Waals surface area (Å²) in [6.45, 7) is 6.45. The molecule has 0 spiro atoms. The van der Waals surface area contributed by atoms with E-state index < -0.39 is 36.0 Å². The van der Waals surface area contributed by atoms with E-state index in [4.69, 9.17) is 13.3 Å². The van der Waals surface area contributed by atoms with Gasteiger partial charge >= 0.3 is 117 Å². The third-order valence-electron chi connectivity index (χ3n) is 1.90. The van der Waals surface area contributed by atoms with Gasteiger partial charge in [-0.15, -0.1) is 0 Å². The van der Waals surface area contributed by atoms with Gasteiger partial charge in [0.15, 0.2) is 0 Å². The molecule has 0 aliphatic carbocycles. The van der Waals surface area contributed by atoms with E-state index in [2.05, 4.69) is 0 Å². The Morgan fingerprint density at radius 2 is 1.05 bits per heavy atom. The predicted molar refractivity (Wildman–Crippen MR) is 60.8 cm³/mol. The van der Waals surface area contributed by atoms with Crippen LogP contribution in [0.1, 0.15) is 47.0 Å². The van der Waals surface area contributed by atoms with E-state index in [1.54, 1.807) is 27.7 Å². The van der Waals surface area contributed by atoms with Crippen LogP contribution in [0.2, 0.25) is 0 Å². The third-order valence-corrected chi connectivity index (χ3v) is 5.14. The summed E-state index contributed by atoms with van der Waals surface area (Å²) in [6, 6.07) is 0. The average molecular weight is 312 g/mol. The van der Waals surface area contributed by atoms with E-state index in [1.165, 1.54) is 0 Å². The van der Waals surface area contributed by atoms with Crippen molar-refractivity contribution in [1.82, 2.24) is 0 Å². The summed E-state index contributed by atoms with van der Waals surface area (Å²) in [7, 11) is 0. The van der Waals surface area contributed by atoms with Crippen molar-refractivity contribution in [2.75, 3.05) is 6.61 Å². The molecule has 0 N–H and O–H groups in total. The van der Waals surface area contributed by atoms with Crippen molar-refractivity contribution in [3.8, 4) is 0 Å². The first-order valence-corrected chi connectivity index (χ1v) is 8.77. The van der Waals surface area contributed by atoms with Crippen LogP contribution in [0.25, 0.3) is 0 Å². The first kappa shape index (κ1) is 18.1. The zero-order chi connectivity index (χ0) is 14.9. The molecule has 0 heterocycles. The number of rotatable bonds is 8. The number of carbonyl (C=O) groups excluding carboxylic acids is 3. The predicted octanol–water partition coefficient (Wildman–Crippen LogP) is 1.70. The molecule has 0 aliphatic rings. The van der Waals surface area contributed by atoms with Gasteiger partial charge in [0.05, 0.1) is 0 Å². The monoisotopic (exact) mass is 312 g/mol. The maximum absolute atomic E-state index is 11.4. The standard InChI is InChI=1S/3C3H6O2.C2H5O.Ti/c3*1-2-3(4)5;1-2-3;/h3*2H2,1H3,(H,4,5);2H2,1H3;/q;;;-1;+4/p-3. The van der Waals surface area contributed by atoms with E-state index in [0.29, 0.717) is 0 Å². The van der Waals surface area contributed by atoms with E-state index in [9.17, 15) is 14.4 Å². The Bertz CT molecular complexity index is 283. The van der Waals surface area contributed by atoms with Crippen LogP contribution >= 0.6 is 0 Å². The van der Waals surface area contributed by atoms with Crippen LogP contribution in [-0.4, -0.2) is 24.5 Å². The van der Waals surface area contributed by atoms with Crippen LogP contribution < -0.4 is 0 Å². The molecule has 8 heteroatoms. The van der Waals surface area contributed by atoms with Crippen molar-refractivity contribution in [2.24, 2.45) is 0 Å². The second-order valence-electron chi connectivity index (χ2n) is 3.42. The van der Waals surface area contributed by atoms with Crippen molar-refractivity contribution >= 4 is 17.9 Å². The molecule has 0 aliphatic heterocycles. The molecule has 0 radical (unpaired) electrons. The molecular formula is C11H20O7Ti. The van der Waals surface area contributed by atoms with Crippen molar-refractivity contribution in [3.63, 3.8) is 0 Å². The van der Waals surface area contributed by atoms with Crippen LogP contribution in [0.4, 0.5) is 0 Å². The van der Waals surface area contributed by atoms with Gasteiger partial charge in [-0.05, 0) is 0 Å². The second kappa shape index (κ2) is 9.06. The van der Waals surface area contributed by atoms with Crippen molar-refractivity contribution in [3.05, 3.63) is 0 Å². The number of hydrogen-bond acceptors (Lipinski definition) is 7. The van der Waals surface area contributed by atoms with E-state index >= 15 is 0 Å². The van der Waals surface area contributed by atoms with Crippen molar-refractivity contribution in [1.29, 1.82) is 0 Å². The summed E-state index contributed by atoms with van der Waals surface area (Å²) in [5.41, 5.74) is 0. The van der Waals surface area contributed by atoms with E-state index in [-0.39, 0.29) is 25.9 Å². The molecule has 0 fully saturated rings. The molecule has 0 saturated heterocycles.